The second-order valence-electron chi connectivity index (χ2n) is 15.9. The van der Waals surface area contributed by atoms with Gasteiger partial charge in [-0.25, -0.2) is 4.57 Å². The minimum absolute atomic E-state index is 0.0988. The Hall–Kier alpha value is -1.41. The van der Waals surface area contributed by atoms with Crippen LogP contribution >= 0.6 is 7.82 Å². The molecular formula is C43H81O13P. The Bertz CT molecular complexity index is 1060. The van der Waals surface area contributed by atoms with Crippen LogP contribution in [0.15, 0.2) is 12.2 Å². The summed E-state index contributed by atoms with van der Waals surface area (Å²) < 4.78 is 33.5. The Balaban J connectivity index is 2.48. The fourth-order valence-corrected chi connectivity index (χ4v) is 7.90. The first kappa shape index (κ1) is 53.6. The maximum atomic E-state index is 12.8. The molecule has 0 radical (unpaired) electrons. The van der Waals surface area contributed by atoms with E-state index in [9.17, 15) is 44.6 Å². The number of unbranched alkanes of at least 4 members (excludes halogenated alkanes) is 23. The molecule has 0 bridgehead atoms. The number of aliphatic hydroxyl groups is 5. The molecule has 6 N–H and O–H groups in total. The number of phosphoric acid groups is 1. The zero-order valence-corrected chi connectivity index (χ0v) is 36.3. The highest BCUT2D eigenvalue weighted by Gasteiger charge is 2.51. The Morgan fingerprint density at radius 3 is 1.35 bits per heavy atom. The number of aliphatic hydroxyl groups excluding tert-OH is 5. The monoisotopic (exact) mass is 837 g/mol. The zero-order chi connectivity index (χ0) is 42.2. The van der Waals surface area contributed by atoms with E-state index in [1.807, 2.05) is 0 Å². The average Bonchev–Trinajstić information content (AvgIpc) is 3.19. The largest absolute Gasteiger partial charge is 0.472 e. The number of allylic oxidation sites excluding steroid dienone is 2. The molecule has 1 saturated carbocycles. The lowest BCUT2D eigenvalue weighted by molar-refractivity contribution is -0.220. The maximum Gasteiger partial charge on any atom is 0.472 e. The molecule has 336 valence electrons. The van der Waals surface area contributed by atoms with Gasteiger partial charge in [0, 0.05) is 12.8 Å². The number of phosphoric ester groups is 1. The summed E-state index contributed by atoms with van der Waals surface area (Å²) in [5, 5.41) is 50.1. The molecule has 1 rings (SSSR count). The molecule has 0 aliphatic heterocycles. The van der Waals surface area contributed by atoms with Crippen LogP contribution in [-0.4, -0.2) is 98.3 Å². The van der Waals surface area contributed by atoms with Gasteiger partial charge in [0.05, 0.1) is 6.61 Å². The van der Waals surface area contributed by atoms with Gasteiger partial charge in [-0.2, -0.15) is 0 Å². The molecule has 0 aromatic carbocycles. The van der Waals surface area contributed by atoms with Crippen LogP contribution in [0.4, 0.5) is 0 Å². The number of hydrogen-bond donors (Lipinski definition) is 6. The summed E-state index contributed by atoms with van der Waals surface area (Å²) in [6, 6.07) is 0. The van der Waals surface area contributed by atoms with Gasteiger partial charge < -0.3 is 39.9 Å². The van der Waals surface area contributed by atoms with E-state index in [2.05, 4.69) is 26.0 Å². The van der Waals surface area contributed by atoms with E-state index in [-0.39, 0.29) is 12.8 Å². The first-order chi connectivity index (χ1) is 27.4. The lowest BCUT2D eigenvalue weighted by atomic mass is 9.85. The van der Waals surface area contributed by atoms with E-state index in [1.54, 1.807) is 0 Å². The highest BCUT2D eigenvalue weighted by Crippen LogP contribution is 2.47. The van der Waals surface area contributed by atoms with Crippen molar-refractivity contribution in [3.8, 4) is 0 Å². The van der Waals surface area contributed by atoms with Crippen LogP contribution in [0.25, 0.3) is 0 Å². The van der Waals surface area contributed by atoms with Crippen molar-refractivity contribution in [2.24, 2.45) is 0 Å². The third-order valence-electron chi connectivity index (χ3n) is 10.6. The predicted octanol–water partition coefficient (Wildman–Crippen LogP) is 8.28. The summed E-state index contributed by atoms with van der Waals surface area (Å²) in [5.74, 6) is -1.11. The van der Waals surface area contributed by atoms with E-state index < -0.39 is 75.7 Å². The summed E-state index contributed by atoms with van der Waals surface area (Å²) in [4.78, 5) is 35.6. The maximum absolute atomic E-state index is 12.8. The third-order valence-corrected chi connectivity index (χ3v) is 11.6. The number of esters is 2. The fraction of sp³-hybridized carbons (Fsp3) is 0.907. The molecule has 0 aromatic heterocycles. The van der Waals surface area contributed by atoms with Gasteiger partial charge in [-0.3, -0.25) is 18.6 Å². The van der Waals surface area contributed by atoms with Crippen LogP contribution in [0.3, 0.4) is 0 Å². The molecule has 0 aromatic rings. The summed E-state index contributed by atoms with van der Waals surface area (Å²) >= 11 is 0. The number of hydrogen-bond acceptors (Lipinski definition) is 12. The van der Waals surface area contributed by atoms with Crippen LogP contribution in [0.2, 0.25) is 0 Å². The Morgan fingerprint density at radius 2 is 0.895 bits per heavy atom. The Labute approximate surface area is 343 Å². The number of carbonyl (C=O) groups is 2. The van der Waals surface area contributed by atoms with Crippen molar-refractivity contribution >= 4 is 19.8 Å². The molecule has 1 aliphatic rings. The van der Waals surface area contributed by atoms with Crippen LogP contribution < -0.4 is 0 Å². The fourth-order valence-electron chi connectivity index (χ4n) is 6.93. The van der Waals surface area contributed by atoms with Crippen molar-refractivity contribution in [2.45, 2.75) is 236 Å². The van der Waals surface area contributed by atoms with Gasteiger partial charge in [0.2, 0.25) is 0 Å². The van der Waals surface area contributed by atoms with Crippen LogP contribution in [0.5, 0.6) is 0 Å². The molecule has 0 heterocycles. The molecule has 0 saturated heterocycles. The zero-order valence-electron chi connectivity index (χ0n) is 35.4. The van der Waals surface area contributed by atoms with E-state index >= 15 is 0 Å². The van der Waals surface area contributed by atoms with Crippen molar-refractivity contribution in [1.82, 2.24) is 0 Å². The quantitative estimate of drug-likeness (QED) is 0.0151. The topological polar surface area (TPSA) is 210 Å². The highest BCUT2D eigenvalue weighted by atomic mass is 31.2. The molecule has 14 heteroatoms. The molecule has 0 spiro atoms. The van der Waals surface area contributed by atoms with E-state index in [4.69, 9.17) is 18.5 Å². The van der Waals surface area contributed by atoms with Crippen molar-refractivity contribution in [3.63, 3.8) is 0 Å². The van der Waals surface area contributed by atoms with Crippen molar-refractivity contribution in [1.29, 1.82) is 0 Å². The summed E-state index contributed by atoms with van der Waals surface area (Å²) in [5.41, 5.74) is 0. The van der Waals surface area contributed by atoms with E-state index in [0.717, 1.165) is 51.4 Å². The van der Waals surface area contributed by atoms with Gasteiger partial charge in [0.1, 0.15) is 43.2 Å². The van der Waals surface area contributed by atoms with E-state index in [1.165, 1.54) is 103 Å². The first-order valence-electron chi connectivity index (χ1n) is 22.5. The van der Waals surface area contributed by atoms with Crippen molar-refractivity contribution in [2.75, 3.05) is 13.2 Å². The first-order valence-corrected chi connectivity index (χ1v) is 24.0. The molecule has 1 fully saturated rings. The van der Waals surface area contributed by atoms with Crippen LogP contribution in [0.1, 0.15) is 194 Å². The van der Waals surface area contributed by atoms with Crippen LogP contribution in [0, 0.1) is 0 Å². The van der Waals surface area contributed by atoms with Crippen LogP contribution in [-0.2, 0) is 32.7 Å². The third kappa shape index (κ3) is 27.1. The number of carbonyl (C=O) groups excluding carboxylic acids is 2. The Kier molecular flexibility index (Phi) is 32.3. The van der Waals surface area contributed by atoms with Crippen molar-refractivity contribution < 1.29 is 63.1 Å². The minimum atomic E-state index is -5.11. The molecule has 8 atom stereocenters. The summed E-state index contributed by atoms with van der Waals surface area (Å²) in [7, 11) is -5.11. The highest BCUT2D eigenvalue weighted by molar-refractivity contribution is 7.47. The number of ether oxygens (including phenoxy) is 2. The Morgan fingerprint density at radius 1 is 0.526 bits per heavy atom. The average molecular weight is 837 g/mol. The lowest BCUT2D eigenvalue weighted by Crippen LogP contribution is -2.64. The van der Waals surface area contributed by atoms with Gasteiger partial charge >= 0.3 is 19.8 Å². The van der Waals surface area contributed by atoms with Gasteiger partial charge in [-0.1, -0.05) is 154 Å². The smallest absolute Gasteiger partial charge is 0.462 e. The van der Waals surface area contributed by atoms with Gasteiger partial charge in [0.25, 0.3) is 0 Å². The molecule has 6 unspecified atom stereocenters. The SMILES string of the molecule is CCCCCCCCCC/C=C/CCCCCC(=O)OC[C@@H](COP(=O)(O)OC1C(O)C(O)C(O)[C@H](O)C1O)OC(=O)CCCCCCCCCCCCCCC. The normalized spacial score (nSPS) is 22.7. The lowest BCUT2D eigenvalue weighted by Gasteiger charge is -2.41. The molecule has 13 nitrogen and oxygen atoms in total. The van der Waals surface area contributed by atoms with Gasteiger partial charge in [-0.05, 0) is 38.5 Å². The standard InChI is InChI=1S/C43H81O13P/c1-3-5-7-9-11-13-15-17-18-20-21-23-25-27-29-31-36(44)53-33-35(34-54-57(51,52)56-43-41(49)39(47)38(46)40(48)42(43)50)55-37(45)32-30-28-26-24-22-19-16-14-12-10-8-6-4-2/h20-21,35,38-43,46-50H,3-19,22-34H2,1-2H3,(H,51,52)/b21-20+/t35-,38?,39-,40?,41?,42?,43?/m0/s1. The molecule has 1 aliphatic carbocycles. The van der Waals surface area contributed by atoms with Crippen molar-refractivity contribution in [3.05, 3.63) is 12.2 Å². The minimum Gasteiger partial charge on any atom is -0.462 e. The molecule has 0 amide bonds. The molecule has 57 heavy (non-hydrogen) atoms. The molecular weight excluding hydrogens is 755 g/mol. The second kappa shape index (κ2) is 34.3. The van der Waals surface area contributed by atoms with Gasteiger partial charge in [-0.15, -0.1) is 0 Å². The summed E-state index contributed by atoms with van der Waals surface area (Å²) in [6.07, 6.45) is 21.3. The predicted molar refractivity (Wildman–Crippen MR) is 221 cm³/mol. The summed E-state index contributed by atoms with van der Waals surface area (Å²) in [6.45, 7) is 3.28. The van der Waals surface area contributed by atoms with Gasteiger partial charge in [0.15, 0.2) is 6.10 Å². The number of rotatable bonds is 37. The second-order valence-corrected chi connectivity index (χ2v) is 17.3. The van der Waals surface area contributed by atoms with E-state index in [0.29, 0.717) is 12.8 Å².